The minimum absolute atomic E-state index is 0. The summed E-state index contributed by atoms with van der Waals surface area (Å²) in [4.78, 5) is 0. The third-order valence-corrected chi connectivity index (χ3v) is 11.9. The van der Waals surface area contributed by atoms with Crippen LogP contribution in [0.1, 0.15) is 47.2 Å². The zero-order chi connectivity index (χ0) is 23.2. The van der Waals surface area contributed by atoms with Crippen LogP contribution in [0, 0.1) is 53.5 Å². The number of benzene rings is 3. The summed E-state index contributed by atoms with van der Waals surface area (Å²) < 4.78 is 0. The number of halogens is 3. The Labute approximate surface area is 253 Å². The van der Waals surface area contributed by atoms with E-state index in [2.05, 4.69) is 122 Å². The summed E-state index contributed by atoms with van der Waals surface area (Å²) in [5.41, 5.74) is 9.36. The molecule has 0 spiro atoms. The Morgan fingerprint density at radius 3 is 1.03 bits per heavy atom. The average Bonchev–Trinajstić information content (AvgIpc) is 3.00. The Morgan fingerprint density at radius 2 is 0.806 bits per heavy atom. The van der Waals surface area contributed by atoms with Crippen LogP contribution in [0.5, 0.6) is 0 Å². The predicted octanol–water partition coefficient (Wildman–Crippen LogP) is -3.12. The summed E-state index contributed by atoms with van der Waals surface area (Å²) in [7, 11) is -2.52. The molecule has 0 bridgehead atoms. The molecular formula is C31H35Cl3SiTi. The predicted molar refractivity (Wildman–Crippen MR) is 142 cm³/mol. The molecule has 0 heterocycles. The van der Waals surface area contributed by atoms with E-state index in [-0.39, 0.29) is 58.9 Å². The van der Waals surface area contributed by atoms with Gasteiger partial charge in [0, 0.05) is 0 Å². The summed E-state index contributed by atoms with van der Waals surface area (Å²) in [6.45, 7) is 18.1. The normalized spacial score (nSPS) is 14.4. The summed E-state index contributed by atoms with van der Waals surface area (Å²) in [6.07, 6.45) is 5.89. The first-order valence-corrected chi connectivity index (χ1v) is 13.7. The van der Waals surface area contributed by atoms with Crippen LogP contribution in [0.25, 0.3) is 0 Å². The maximum Gasteiger partial charge on any atom is 4.00 e. The van der Waals surface area contributed by atoms with Crippen molar-refractivity contribution in [2.45, 2.75) is 55.4 Å². The van der Waals surface area contributed by atoms with Crippen LogP contribution >= 0.6 is 0 Å². The van der Waals surface area contributed by atoms with Crippen LogP contribution in [0.3, 0.4) is 0 Å². The van der Waals surface area contributed by atoms with Gasteiger partial charge in [-0.2, -0.15) is 11.3 Å². The van der Waals surface area contributed by atoms with Gasteiger partial charge < -0.3 is 37.2 Å². The second-order valence-corrected chi connectivity index (χ2v) is 13.8. The molecule has 0 amide bonds. The topological polar surface area (TPSA) is 0 Å². The molecule has 0 aliphatic heterocycles. The molecule has 0 saturated heterocycles. The van der Waals surface area contributed by atoms with Crippen LogP contribution in [0.15, 0.2) is 71.4 Å². The summed E-state index contributed by atoms with van der Waals surface area (Å²) in [5.74, 6) is 0.379. The first-order chi connectivity index (χ1) is 15.1. The van der Waals surface area contributed by atoms with Gasteiger partial charge in [0.1, 0.15) is 0 Å². The summed E-state index contributed by atoms with van der Waals surface area (Å²) in [6, 6.07) is 21.7. The van der Waals surface area contributed by atoms with Gasteiger partial charge in [-0.1, -0.05) is 123 Å². The monoisotopic (exact) mass is 588 g/mol. The van der Waals surface area contributed by atoms with Crippen molar-refractivity contribution in [3.8, 4) is 0 Å². The van der Waals surface area contributed by atoms with Gasteiger partial charge in [0.15, 0.2) is 0 Å². The molecule has 1 aliphatic carbocycles. The van der Waals surface area contributed by atoms with Crippen molar-refractivity contribution >= 4 is 23.6 Å². The van der Waals surface area contributed by atoms with Crippen molar-refractivity contribution in [2.24, 2.45) is 5.92 Å². The van der Waals surface area contributed by atoms with E-state index < -0.39 is 8.07 Å². The van der Waals surface area contributed by atoms with Gasteiger partial charge in [-0.15, -0.1) is 0 Å². The van der Waals surface area contributed by atoms with E-state index in [1.807, 2.05) is 0 Å². The molecule has 5 heteroatoms. The van der Waals surface area contributed by atoms with Crippen molar-refractivity contribution in [3.05, 3.63) is 111 Å². The Hall–Kier alpha value is -1.06. The fourth-order valence-electron chi connectivity index (χ4n) is 5.92. The molecule has 0 N–H and O–H groups in total. The van der Waals surface area contributed by atoms with Crippen LogP contribution in [0.2, 0.25) is 0 Å². The molecule has 1 unspecified atom stereocenters. The van der Waals surface area contributed by atoms with E-state index in [1.165, 1.54) is 54.5 Å². The zero-order valence-corrected chi connectivity index (χ0v) is 27.3. The van der Waals surface area contributed by atoms with Gasteiger partial charge in [0.2, 0.25) is 0 Å². The average molecular weight is 590 g/mol. The molecule has 0 radical (unpaired) electrons. The fourth-order valence-corrected chi connectivity index (χ4v) is 11.9. The molecular weight excluding hydrogens is 555 g/mol. The molecule has 0 saturated carbocycles. The van der Waals surface area contributed by atoms with Crippen molar-refractivity contribution in [1.82, 2.24) is 0 Å². The van der Waals surface area contributed by atoms with E-state index >= 15 is 0 Å². The smallest absolute Gasteiger partial charge is 1.00 e. The molecule has 0 fully saturated rings. The van der Waals surface area contributed by atoms with E-state index in [1.54, 1.807) is 5.20 Å². The Morgan fingerprint density at radius 1 is 0.528 bits per heavy atom. The minimum atomic E-state index is -2.52. The van der Waals surface area contributed by atoms with Gasteiger partial charge in [0.25, 0.3) is 0 Å². The molecule has 0 aromatic heterocycles. The van der Waals surface area contributed by atoms with Crippen LogP contribution in [-0.4, -0.2) is 8.07 Å². The SMILES string of the molecule is CC1=C([Si](c2cc(C)cc(C)c2)(c2cc(C)cc(C)c2)c2cc(C)cc(C)c2)C(C)C=[C-]1.[Cl-].[Cl-].[Cl-].[Ti+4]. The zero-order valence-electron chi connectivity index (χ0n) is 22.5. The van der Waals surface area contributed by atoms with Gasteiger partial charge in [-0.25, -0.2) is 5.57 Å². The van der Waals surface area contributed by atoms with Crippen molar-refractivity contribution < 1.29 is 58.9 Å². The van der Waals surface area contributed by atoms with Crippen molar-refractivity contribution in [2.75, 3.05) is 0 Å². The molecule has 0 nitrogen and oxygen atoms in total. The van der Waals surface area contributed by atoms with Gasteiger partial charge in [-0.3, -0.25) is 6.08 Å². The van der Waals surface area contributed by atoms with Gasteiger partial charge in [-0.05, 0) is 41.5 Å². The van der Waals surface area contributed by atoms with Crippen LogP contribution in [-0.2, 0) is 21.7 Å². The second kappa shape index (κ2) is 13.7. The van der Waals surface area contributed by atoms with Gasteiger partial charge >= 0.3 is 21.7 Å². The van der Waals surface area contributed by atoms with Crippen molar-refractivity contribution in [1.29, 1.82) is 0 Å². The Kier molecular flexibility index (Phi) is 13.3. The molecule has 1 aliphatic rings. The summed E-state index contributed by atoms with van der Waals surface area (Å²) in [5, 5.41) is 6.05. The molecule has 3 aromatic rings. The van der Waals surface area contributed by atoms with Crippen LogP contribution < -0.4 is 52.8 Å². The van der Waals surface area contributed by atoms with E-state index in [0.29, 0.717) is 5.92 Å². The second-order valence-electron chi connectivity index (χ2n) is 10.0. The minimum Gasteiger partial charge on any atom is -1.00 e. The molecule has 4 rings (SSSR count). The number of aryl methyl sites for hydroxylation is 6. The maximum absolute atomic E-state index is 3.61. The third-order valence-electron chi connectivity index (χ3n) is 6.78. The Balaban J connectivity index is 0.00000306. The van der Waals surface area contributed by atoms with E-state index in [0.717, 1.165) is 0 Å². The summed E-state index contributed by atoms with van der Waals surface area (Å²) >= 11 is 0. The quantitative estimate of drug-likeness (QED) is 0.172. The standard InChI is InChI=1S/C31H35Si.3ClH.Ti/c1-20-11-21(2)15-28(14-20)32(31-26(7)9-10-27(31)8,29-16-22(3)12-23(4)17-29)30-18-24(5)13-25(6)19-30;;;;/h9,11-19,26H,1-8H3;3*1H;/q-1;;;;+4/p-3. The van der Waals surface area contributed by atoms with Gasteiger partial charge in [0.05, 0.1) is 8.07 Å². The van der Waals surface area contributed by atoms with E-state index in [4.69, 9.17) is 0 Å². The molecule has 3 aromatic carbocycles. The maximum atomic E-state index is 3.61. The fraction of sp³-hybridized carbons (Fsp3) is 0.290. The first kappa shape index (κ1) is 34.9. The first-order valence-electron chi connectivity index (χ1n) is 11.7. The molecule has 188 valence electrons. The largest absolute Gasteiger partial charge is 4.00 e. The molecule has 1 atom stereocenters. The molecule has 36 heavy (non-hydrogen) atoms. The van der Waals surface area contributed by atoms with Crippen molar-refractivity contribution in [3.63, 3.8) is 0 Å². The number of allylic oxidation sites excluding steroid dienone is 4. The van der Waals surface area contributed by atoms with Crippen LogP contribution in [0.4, 0.5) is 0 Å². The Bertz CT molecular complexity index is 1090. The third kappa shape index (κ3) is 6.49. The van der Waals surface area contributed by atoms with E-state index in [9.17, 15) is 0 Å². The number of hydrogen-bond acceptors (Lipinski definition) is 0. The number of rotatable bonds is 4. The number of hydrogen-bond donors (Lipinski definition) is 0.